The van der Waals surface area contributed by atoms with Gasteiger partial charge in [-0.3, -0.25) is 4.79 Å². The molecule has 3 heterocycles. The van der Waals surface area contributed by atoms with E-state index in [-0.39, 0.29) is 5.91 Å². The van der Waals surface area contributed by atoms with Crippen LogP contribution in [0.1, 0.15) is 55.1 Å². The van der Waals surface area contributed by atoms with Crippen molar-refractivity contribution < 1.29 is 13.2 Å². The maximum absolute atomic E-state index is 13.1. The molecule has 2 saturated heterocycles. The molecule has 0 aliphatic carbocycles. The van der Waals surface area contributed by atoms with E-state index in [0.717, 1.165) is 55.2 Å². The highest BCUT2D eigenvalue weighted by Crippen LogP contribution is 2.29. The number of benzene rings is 1. The summed E-state index contributed by atoms with van der Waals surface area (Å²) in [5, 5.41) is 0.812. The normalized spacial score (nSPS) is 20.0. The summed E-state index contributed by atoms with van der Waals surface area (Å²) in [6.07, 6.45) is 5.06. The second-order valence-corrected chi connectivity index (χ2v) is 10.2. The van der Waals surface area contributed by atoms with Crippen LogP contribution in [0.25, 0.3) is 10.9 Å². The number of nitrogens with one attached hydrogen (secondary N) is 1. The highest BCUT2D eigenvalue weighted by atomic mass is 32.2. The second kappa shape index (κ2) is 7.52. The Balaban J connectivity index is 1.66. The Bertz CT molecular complexity index is 982. The number of hydrogen-bond donors (Lipinski definition) is 1. The number of carbonyl (C=O) groups is 1. The molecule has 0 atom stereocenters. The Morgan fingerprint density at radius 2 is 1.75 bits per heavy atom. The number of aromatic nitrogens is 1. The lowest BCUT2D eigenvalue weighted by molar-refractivity contribution is 0.0718. The van der Waals surface area contributed by atoms with Gasteiger partial charge in [0.15, 0.2) is 0 Å². The van der Waals surface area contributed by atoms with E-state index in [1.165, 1.54) is 6.42 Å². The molecule has 2 aliphatic heterocycles. The van der Waals surface area contributed by atoms with Crippen LogP contribution in [0.15, 0.2) is 23.1 Å². The van der Waals surface area contributed by atoms with Crippen molar-refractivity contribution >= 4 is 26.8 Å². The van der Waals surface area contributed by atoms with Crippen LogP contribution in [0.2, 0.25) is 0 Å². The average Bonchev–Trinajstić information content (AvgIpc) is 3.04. The van der Waals surface area contributed by atoms with E-state index in [4.69, 9.17) is 0 Å². The molecule has 1 amide bonds. The van der Waals surface area contributed by atoms with Crippen molar-refractivity contribution in [1.82, 2.24) is 14.2 Å². The SMILES string of the molecule is Cc1c(C(=O)N2CCCCC2)[nH]c2ccc(S(=O)(=O)N3CCC(C)CC3)cc12. The zero-order chi connectivity index (χ0) is 19.9. The third-order valence-electron chi connectivity index (χ3n) is 6.27. The number of amides is 1. The molecule has 2 aromatic rings. The number of nitrogens with zero attached hydrogens (tertiary/aromatic N) is 2. The number of rotatable bonds is 3. The summed E-state index contributed by atoms with van der Waals surface area (Å²) in [6.45, 7) is 6.80. The Morgan fingerprint density at radius 1 is 1.07 bits per heavy atom. The first kappa shape index (κ1) is 19.5. The second-order valence-electron chi connectivity index (χ2n) is 8.27. The van der Waals surface area contributed by atoms with Crippen molar-refractivity contribution in [1.29, 1.82) is 0 Å². The standard InChI is InChI=1S/C21H29N3O3S/c1-15-8-12-24(13-9-15)28(26,27)17-6-7-19-18(14-17)16(2)20(22-19)21(25)23-10-4-3-5-11-23/h6-7,14-15,22H,3-5,8-13H2,1-2H3. The third-order valence-corrected chi connectivity index (χ3v) is 8.16. The number of aryl methyl sites for hydroxylation is 1. The number of piperidine rings is 2. The Kier molecular flexibility index (Phi) is 5.22. The van der Waals surface area contributed by atoms with E-state index in [1.807, 2.05) is 11.8 Å². The maximum atomic E-state index is 13.1. The fraction of sp³-hybridized carbons (Fsp3) is 0.571. The zero-order valence-corrected chi connectivity index (χ0v) is 17.5. The van der Waals surface area contributed by atoms with Gasteiger partial charge in [0.25, 0.3) is 5.91 Å². The van der Waals surface area contributed by atoms with Crippen molar-refractivity contribution in [2.45, 2.75) is 50.8 Å². The predicted molar refractivity (Wildman–Crippen MR) is 110 cm³/mol. The summed E-state index contributed by atoms with van der Waals surface area (Å²) in [7, 11) is -3.50. The molecule has 1 aromatic carbocycles. The van der Waals surface area contributed by atoms with Gasteiger partial charge in [0.05, 0.1) is 4.90 Å². The minimum absolute atomic E-state index is 0.0165. The molecule has 0 spiro atoms. The average molecular weight is 404 g/mol. The first-order chi connectivity index (χ1) is 13.4. The summed E-state index contributed by atoms with van der Waals surface area (Å²) < 4.78 is 27.7. The van der Waals surface area contributed by atoms with Crippen molar-refractivity contribution in [2.24, 2.45) is 5.92 Å². The van der Waals surface area contributed by atoms with Crippen LogP contribution in [0, 0.1) is 12.8 Å². The number of aromatic amines is 1. The lowest BCUT2D eigenvalue weighted by Gasteiger charge is -2.29. The number of carbonyl (C=O) groups excluding carboxylic acids is 1. The van der Waals surface area contributed by atoms with Crippen LogP contribution < -0.4 is 0 Å². The number of fused-ring (bicyclic) bond motifs is 1. The van der Waals surface area contributed by atoms with Crippen LogP contribution in [0.3, 0.4) is 0 Å². The largest absolute Gasteiger partial charge is 0.350 e. The lowest BCUT2D eigenvalue weighted by atomic mass is 10.0. The monoisotopic (exact) mass is 403 g/mol. The summed E-state index contributed by atoms with van der Waals surface area (Å²) >= 11 is 0. The van der Waals surface area contributed by atoms with Gasteiger partial charge in [0.1, 0.15) is 5.69 Å². The van der Waals surface area contributed by atoms with E-state index < -0.39 is 10.0 Å². The Morgan fingerprint density at radius 3 is 2.43 bits per heavy atom. The first-order valence-corrected chi connectivity index (χ1v) is 11.7. The van der Waals surface area contributed by atoms with E-state index in [1.54, 1.807) is 22.5 Å². The molecule has 2 fully saturated rings. The molecule has 152 valence electrons. The minimum atomic E-state index is -3.50. The summed E-state index contributed by atoms with van der Waals surface area (Å²) in [4.78, 5) is 18.4. The van der Waals surface area contributed by atoms with Crippen LogP contribution in [0.5, 0.6) is 0 Å². The molecule has 0 radical (unpaired) electrons. The van der Waals surface area contributed by atoms with E-state index in [9.17, 15) is 13.2 Å². The van der Waals surface area contributed by atoms with Gasteiger partial charge < -0.3 is 9.88 Å². The Labute approximate surface area is 166 Å². The van der Waals surface area contributed by atoms with Gasteiger partial charge in [-0.25, -0.2) is 8.42 Å². The number of H-pyrrole nitrogens is 1. The van der Waals surface area contributed by atoms with E-state index in [0.29, 0.717) is 29.6 Å². The van der Waals surface area contributed by atoms with Gasteiger partial charge in [-0.05, 0) is 68.7 Å². The molecule has 1 N–H and O–H groups in total. The summed E-state index contributed by atoms with van der Waals surface area (Å²) in [5.74, 6) is 0.590. The summed E-state index contributed by atoms with van der Waals surface area (Å²) in [5.41, 5.74) is 2.22. The first-order valence-electron chi connectivity index (χ1n) is 10.3. The molecule has 28 heavy (non-hydrogen) atoms. The van der Waals surface area contributed by atoms with Gasteiger partial charge in [0.2, 0.25) is 10.0 Å². The van der Waals surface area contributed by atoms with Gasteiger partial charge >= 0.3 is 0 Å². The fourth-order valence-corrected chi connectivity index (χ4v) is 5.81. The highest BCUT2D eigenvalue weighted by molar-refractivity contribution is 7.89. The smallest absolute Gasteiger partial charge is 0.270 e. The van der Waals surface area contributed by atoms with Gasteiger partial charge in [-0.2, -0.15) is 4.31 Å². The predicted octanol–water partition coefficient (Wildman–Crippen LogP) is 3.52. The molecule has 6 nitrogen and oxygen atoms in total. The fourth-order valence-electron chi connectivity index (χ4n) is 4.31. The maximum Gasteiger partial charge on any atom is 0.270 e. The van der Waals surface area contributed by atoms with E-state index in [2.05, 4.69) is 11.9 Å². The van der Waals surface area contributed by atoms with Gasteiger partial charge in [-0.1, -0.05) is 6.92 Å². The quantitative estimate of drug-likeness (QED) is 0.852. The molecule has 4 rings (SSSR count). The highest BCUT2D eigenvalue weighted by Gasteiger charge is 2.29. The van der Waals surface area contributed by atoms with Crippen LogP contribution in [0.4, 0.5) is 0 Å². The number of sulfonamides is 1. The molecular weight excluding hydrogens is 374 g/mol. The molecule has 2 aliphatic rings. The summed E-state index contributed by atoms with van der Waals surface area (Å²) in [6, 6.07) is 5.16. The van der Waals surface area contributed by atoms with Crippen molar-refractivity contribution in [3.63, 3.8) is 0 Å². The van der Waals surface area contributed by atoms with Gasteiger partial charge in [-0.15, -0.1) is 0 Å². The number of hydrogen-bond acceptors (Lipinski definition) is 3. The van der Waals surface area contributed by atoms with Crippen LogP contribution >= 0.6 is 0 Å². The van der Waals surface area contributed by atoms with Crippen molar-refractivity contribution in [3.8, 4) is 0 Å². The molecule has 0 bridgehead atoms. The topological polar surface area (TPSA) is 73.5 Å². The lowest BCUT2D eigenvalue weighted by Crippen LogP contribution is -2.37. The van der Waals surface area contributed by atoms with Crippen molar-refractivity contribution in [3.05, 3.63) is 29.5 Å². The third kappa shape index (κ3) is 3.46. The molecular formula is C21H29N3O3S. The van der Waals surface area contributed by atoms with Crippen molar-refractivity contribution in [2.75, 3.05) is 26.2 Å². The minimum Gasteiger partial charge on any atom is -0.350 e. The van der Waals surface area contributed by atoms with Crippen LogP contribution in [-0.2, 0) is 10.0 Å². The molecule has 7 heteroatoms. The zero-order valence-electron chi connectivity index (χ0n) is 16.7. The van der Waals surface area contributed by atoms with Gasteiger partial charge in [0, 0.05) is 37.1 Å². The molecule has 0 saturated carbocycles. The van der Waals surface area contributed by atoms with E-state index >= 15 is 0 Å². The van der Waals surface area contributed by atoms with Crippen LogP contribution in [-0.4, -0.2) is 54.7 Å². The Hall–Kier alpha value is -1.86. The number of likely N-dealkylation sites (tertiary alicyclic amines) is 1. The molecule has 0 unspecified atom stereocenters. The molecule has 1 aromatic heterocycles.